The van der Waals surface area contributed by atoms with Gasteiger partial charge in [-0.2, -0.15) is 0 Å². The van der Waals surface area contributed by atoms with Crippen molar-refractivity contribution in [2.75, 3.05) is 13.2 Å². The van der Waals surface area contributed by atoms with Crippen molar-refractivity contribution >= 4 is 5.91 Å². The quantitative estimate of drug-likeness (QED) is 0.667. The number of hydrogen-bond donors (Lipinski definition) is 1. The standard InChI is InChI=1S/C24H27N3O3/c1-17(2)23(18-8-9-21-22(14-18)30-13-5-12-29-21)26-24(28)20-7-4-3-6-19(20)15-27-11-10-25-16-27/h3-4,6-11,14,16-17,23H,5,12-13,15H2,1-2H3,(H,26,28)/t23-/m1/s1. The Hall–Kier alpha value is -3.28. The van der Waals surface area contributed by atoms with Crippen LogP contribution in [0.25, 0.3) is 0 Å². The number of rotatable bonds is 6. The highest BCUT2D eigenvalue weighted by Crippen LogP contribution is 2.34. The normalized spacial score (nSPS) is 14.2. The number of imidazole rings is 1. The average molecular weight is 405 g/mol. The lowest BCUT2D eigenvalue weighted by atomic mass is 9.94. The van der Waals surface area contributed by atoms with Crippen LogP contribution in [0.5, 0.6) is 11.5 Å². The molecule has 0 unspecified atom stereocenters. The summed E-state index contributed by atoms with van der Waals surface area (Å²) in [5, 5.41) is 3.23. The van der Waals surface area contributed by atoms with Crippen LogP contribution in [-0.4, -0.2) is 28.7 Å². The number of aromatic nitrogens is 2. The zero-order valence-electron chi connectivity index (χ0n) is 17.4. The molecule has 0 saturated heterocycles. The summed E-state index contributed by atoms with van der Waals surface area (Å²) in [4.78, 5) is 17.3. The van der Waals surface area contributed by atoms with Gasteiger partial charge in [0.1, 0.15) is 0 Å². The van der Waals surface area contributed by atoms with Crippen LogP contribution in [0.3, 0.4) is 0 Å². The van der Waals surface area contributed by atoms with Crippen LogP contribution < -0.4 is 14.8 Å². The molecular formula is C24H27N3O3. The van der Waals surface area contributed by atoms with Crippen LogP contribution in [-0.2, 0) is 6.54 Å². The van der Waals surface area contributed by atoms with Crippen molar-refractivity contribution < 1.29 is 14.3 Å². The van der Waals surface area contributed by atoms with Gasteiger partial charge in [-0.1, -0.05) is 38.1 Å². The van der Waals surface area contributed by atoms with Gasteiger partial charge in [0, 0.05) is 30.9 Å². The van der Waals surface area contributed by atoms with E-state index in [0.29, 0.717) is 25.3 Å². The summed E-state index contributed by atoms with van der Waals surface area (Å²) in [5.41, 5.74) is 2.63. The van der Waals surface area contributed by atoms with Gasteiger partial charge in [-0.3, -0.25) is 4.79 Å². The first-order valence-corrected chi connectivity index (χ1v) is 10.4. The van der Waals surface area contributed by atoms with Crippen LogP contribution in [0.1, 0.15) is 47.8 Å². The summed E-state index contributed by atoms with van der Waals surface area (Å²) < 4.78 is 13.5. The molecule has 0 fully saturated rings. The Labute approximate surface area is 176 Å². The number of ether oxygens (including phenoxy) is 2. The van der Waals surface area contributed by atoms with Crippen molar-refractivity contribution in [1.82, 2.24) is 14.9 Å². The van der Waals surface area contributed by atoms with Gasteiger partial charge in [-0.05, 0) is 35.2 Å². The van der Waals surface area contributed by atoms with Gasteiger partial charge in [-0.15, -0.1) is 0 Å². The highest BCUT2D eigenvalue weighted by atomic mass is 16.5. The maximum atomic E-state index is 13.2. The Bertz CT molecular complexity index is 999. The van der Waals surface area contributed by atoms with Crippen molar-refractivity contribution in [2.45, 2.75) is 32.9 Å². The fourth-order valence-electron chi connectivity index (χ4n) is 3.68. The van der Waals surface area contributed by atoms with E-state index in [9.17, 15) is 4.79 Å². The fourth-order valence-corrected chi connectivity index (χ4v) is 3.68. The molecule has 0 saturated carbocycles. The number of hydrogen-bond acceptors (Lipinski definition) is 4. The fraction of sp³-hybridized carbons (Fsp3) is 0.333. The van der Waals surface area contributed by atoms with Gasteiger partial charge >= 0.3 is 0 Å². The Morgan fingerprint density at radius 3 is 2.70 bits per heavy atom. The van der Waals surface area contributed by atoms with Gasteiger partial charge in [0.25, 0.3) is 5.91 Å². The lowest BCUT2D eigenvalue weighted by Crippen LogP contribution is -2.32. The van der Waals surface area contributed by atoms with E-state index in [0.717, 1.165) is 29.0 Å². The van der Waals surface area contributed by atoms with E-state index < -0.39 is 0 Å². The summed E-state index contributed by atoms with van der Waals surface area (Å²) in [5.74, 6) is 1.62. The molecular weight excluding hydrogens is 378 g/mol. The van der Waals surface area contributed by atoms with E-state index in [2.05, 4.69) is 24.1 Å². The van der Waals surface area contributed by atoms with E-state index in [1.807, 2.05) is 53.2 Å². The zero-order valence-corrected chi connectivity index (χ0v) is 17.4. The highest BCUT2D eigenvalue weighted by molar-refractivity contribution is 5.96. The minimum Gasteiger partial charge on any atom is -0.490 e. The molecule has 0 radical (unpaired) electrons. The summed E-state index contributed by atoms with van der Waals surface area (Å²) in [6.45, 7) is 6.10. The van der Waals surface area contributed by atoms with Crippen molar-refractivity contribution in [3.8, 4) is 11.5 Å². The van der Waals surface area contributed by atoms with Gasteiger partial charge in [0.15, 0.2) is 11.5 Å². The second kappa shape index (κ2) is 9.03. The Morgan fingerprint density at radius 1 is 1.13 bits per heavy atom. The molecule has 30 heavy (non-hydrogen) atoms. The topological polar surface area (TPSA) is 65.4 Å². The van der Waals surface area contributed by atoms with E-state index >= 15 is 0 Å². The lowest BCUT2D eigenvalue weighted by molar-refractivity contribution is 0.0924. The number of nitrogens with one attached hydrogen (secondary N) is 1. The van der Waals surface area contributed by atoms with E-state index in [-0.39, 0.29) is 17.9 Å². The molecule has 3 aromatic rings. The number of amides is 1. The third-order valence-electron chi connectivity index (χ3n) is 5.26. The molecule has 156 valence electrons. The number of nitrogens with zero attached hydrogens (tertiary/aromatic N) is 2. The largest absolute Gasteiger partial charge is 0.490 e. The number of benzene rings is 2. The van der Waals surface area contributed by atoms with Crippen LogP contribution in [0, 0.1) is 5.92 Å². The molecule has 1 amide bonds. The van der Waals surface area contributed by atoms with Crippen molar-refractivity contribution in [3.63, 3.8) is 0 Å². The molecule has 1 aliphatic rings. The predicted octanol–water partition coefficient (Wildman–Crippen LogP) is 4.22. The predicted molar refractivity (Wildman–Crippen MR) is 115 cm³/mol. The number of carbonyl (C=O) groups excluding carboxylic acids is 1. The minimum atomic E-state index is -0.143. The molecule has 0 spiro atoms. The van der Waals surface area contributed by atoms with E-state index in [1.165, 1.54) is 0 Å². The molecule has 0 bridgehead atoms. The first kappa shape index (κ1) is 20.0. The van der Waals surface area contributed by atoms with Gasteiger partial charge < -0.3 is 19.4 Å². The summed E-state index contributed by atoms with van der Waals surface area (Å²) in [6.07, 6.45) is 6.25. The SMILES string of the molecule is CC(C)[C@@H](NC(=O)c1ccccc1Cn1ccnc1)c1ccc2c(c1)OCCCO2. The summed E-state index contributed by atoms with van der Waals surface area (Å²) in [7, 11) is 0. The highest BCUT2D eigenvalue weighted by Gasteiger charge is 2.22. The molecule has 4 rings (SSSR count). The first-order valence-electron chi connectivity index (χ1n) is 10.4. The average Bonchev–Trinajstić information content (AvgIpc) is 3.14. The third-order valence-corrected chi connectivity index (χ3v) is 5.26. The maximum absolute atomic E-state index is 13.2. The summed E-state index contributed by atoms with van der Waals surface area (Å²) >= 11 is 0. The molecule has 1 aliphatic heterocycles. The van der Waals surface area contributed by atoms with Crippen LogP contribution in [0.2, 0.25) is 0 Å². The molecule has 1 atom stereocenters. The molecule has 1 N–H and O–H groups in total. The first-order chi connectivity index (χ1) is 14.6. The second-order valence-corrected chi connectivity index (χ2v) is 7.84. The monoisotopic (exact) mass is 405 g/mol. The molecule has 2 aromatic carbocycles. The molecule has 6 heteroatoms. The zero-order chi connectivity index (χ0) is 20.9. The van der Waals surface area contributed by atoms with Crippen LogP contribution in [0.4, 0.5) is 0 Å². The minimum absolute atomic E-state index is 0.0865. The van der Waals surface area contributed by atoms with Gasteiger partial charge in [0.2, 0.25) is 0 Å². The molecule has 0 aliphatic carbocycles. The second-order valence-electron chi connectivity index (χ2n) is 7.84. The van der Waals surface area contributed by atoms with Crippen LogP contribution >= 0.6 is 0 Å². The summed E-state index contributed by atoms with van der Waals surface area (Å²) in [6, 6.07) is 13.5. The number of carbonyl (C=O) groups is 1. The van der Waals surface area contributed by atoms with Crippen molar-refractivity contribution in [2.24, 2.45) is 5.92 Å². The molecule has 1 aromatic heterocycles. The maximum Gasteiger partial charge on any atom is 0.252 e. The Kier molecular flexibility index (Phi) is 6.02. The third kappa shape index (κ3) is 4.48. The van der Waals surface area contributed by atoms with Crippen molar-refractivity contribution in [3.05, 3.63) is 77.9 Å². The van der Waals surface area contributed by atoms with Gasteiger partial charge in [-0.25, -0.2) is 4.98 Å². The Morgan fingerprint density at radius 2 is 1.93 bits per heavy atom. The molecule has 2 heterocycles. The number of fused-ring (bicyclic) bond motifs is 1. The lowest BCUT2D eigenvalue weighted by Gasteiger charge is -2.24. The Balaban J connectivity index is 1.57. The smallest absolute Gasteiger partial charge is 0.252 e. The van der Waals surface area contributed by atoms with Crippen LogP contribution in [0.15, 0.2) is 61.2 Å². The van der Waals surface area contributed by atoms with E-state index in [4.69, 9.17) is 9.47 Å². The van der Waals surface area contributed by atoms with E-state index in [1.54, 1.807) is 12.5 Å². The van der Waals surface area contributed by atoms with Gasteiger partial charge in [0.05, 0.1) is 25.6 Å². The van der Waals surface area contributed by atoms with Crippen molar-refractivity contribution in [1.29, 1.82) is 0 Å². The molecule has 6 nitrogen and oxygen atoms in total.